The van der Waals surface area contributed by atoms with Crippen molar-refractivity contribution in [2.75, 3.05) is 26.7 Å². The first-order chi connectivity index (χ1) is 9.29. The number of hydrogen-bond acceptors (Lipinski definition) is 3. The van der Waals surface area contributed by atoms with Crippen molar-refractivity contribution in [3.05, 3.63) is 0 Å². The molecule has 19 heavy (non-hydrogen) atoms. The predicted molar refractivity (Wildman–Crippen MR) is 78.4 cm³/mol. The molecule has 0 radical (unpaired) electrons. The van der Waals surface area contributed by atoms with Crippen LogP contribution in [0.3, 0.4) is 0 Å². The summed E-state index contributed by atoms with van der Waals surface area (Å²) >= 11 is 0. The lowest BCUT2D eigenvalue weighted by Gasteiger charge is -2.48. The van der Waals surface area contributed by atoms with Crippen LogP contribution in [0.2, 0.25) is 0 Å². The average molecular weight is 266 g/mol. The van der Waals surface area contributed by atoms with E-state index in [0.717, 1.165) is 18.7 Å². The van der Waals surface area contributed by atoms with Gasteiger partial charge in [-0.3, -0.25) is 0 Å². The summed E-state index contributed by atoms with van der Waals surface area (Å²) in [4.78, 5) is 2.69. The van der Waals surface area contributed by atoms with Crippen LogP contribution in [0, 0.1) is 0 Å². The van der Waals surface area contributed by atoms with Crippen molar-refractivity contribution in [2.24, 2.45) is 0 Å². The minimum absolute atomic E-state index is 0.252. The van der Waals surface area contributed by atoms with E-state index in [2.05, 4.69) is 17.3 Å². The van der Waals surface area contributed by atoms with Crippen molar-refractivity contribution in [2.45, 2.75) is 75.5 Å². The van der Waals surface area contributed by atoms with Gasteiger partial charge in [0, 0.05) is 18.7 Å². The van der Waals surface area contributed by atoms with Crippen molar-refractivity contribution in [3.63, 3.8) is 0 Å². The molecule has 3 rings (SSSR count). The second kappa shape index (κ2) is 6.11. The Hall–Kier alpha value is -0.120. The number of ether oxygens (including phenoxy) is 1. The third-order valence-electron chi connectivity index (χ3n) is 5.69. The minimum Gasteiger partial charge on any atom is -0.375 e. The lowest BCUT2D eigenvalue weighted by atomic mass is 9.77. The summed E-state index contributed by atoms with van der Waals surface area (Å²) in [7, 11) is 2.36. The van der Waals surface area contributed by atoms with Crippen molar-refractivity contribution in [3.8, 4) is 0 Å². The Bertz CT molecular complexity index is 277. The second-order valence-corrected chi connectivity index (χ2v) is 6.89. The molecule has 0 amide bonds. The molecule has 2 saturated heterocycles. The fraction of sp³-hybridized carbons (Fsp3) is 1.00. The van der Waals surface area contributed by atoms with Gasteiger partial charge in [-0.1, -0.05) is 19.3 Å². The van der Waals surface area contributed by atoms with Crippen LogP contribution in [0.1, 0.15) is 57.8 Å². The highest BCUT2D eigenvalue weighted by atomic mass is 16.5. The summed E-state index contributed by atoms with van der Waals surface area (Å²) in [5.74, 6) is 0. The first-order valence-corrected chi connectivity index (χ1v) is 8.36. The Balaban J connectivity index is 1.60. The van der Waals surface area contributed by atoms with Crippen molar-refractivity contribution >= 4 is 0 Å². The molecular weight excluding hydrogens is 236 g/mol. The molecule has 0 aromatic rings. The highest BCUT2D eigenvalue weighted by Gasteiger charge is 2.40. The van der Waals surface area contributed by atoms with E-state index in [1.165, 1.54) is 70.9 Å². The van der Waals surface area contributed by atoms with Crippen molar-refractivity contribution in [1.82, 2.24) is 10.2 Å². The molecule has 2 aliphatic heterocycles. The molecule has 3 nitrogen and oxygen atoms in total. The molecule has 1 spiro atoms. The SMILES string of the molecule is CN(C1CCNCC1)C1CCOC2(CCCCC2)C1. The van der Waals surface area contributed by atoms with E-state index in [1.54, 1.807) is 0 Å². The lowest BCUT2D eigenvalue weighted by molar-refractivity contribution is -0.126. The van der Waals surface area contributed by atoms with E-state index in [0.29, 0.717) is 0 Å². The zero-order chi connectivity index (χ0) is 13.1. The normalized spacial score (nSPS) is 32.8. The first kappa shape index (κ1) is 13.8. The van der Waals surface area contributed by atoms with E-state index in [9.17, 15) is 0 Å². The molecule has 0 aromatic heterocycles. The van der Waals surface area contributed by atoms with Crippen LogP contribution in [0.5, 0.6) is 0 Å². The first-order valence-electron chi connectivity index (χ1n) is 8.36. The maximum absolute atomic E-state index is 6.24. The molecule has 2 heterocycles. The third-order valence-corrected chi connectivity index (χ3v) is 5.69. The molecule has 3 fully saturated rings. The number of nitrogens with one attached hydrogen (secondary N) is 1. The number of rotatable bonds is 2. The Morgan fingerprint density at radius 2 is 1.74 bits per heavy atom. The monoisotopic (exact) mass is 266 g/mol. The molecule has 1 N–H and O–H groups in total. The highest BCUT2D eigenvalue weighted by Crippen LogP contribution is 2.40. The molecule has 110 valence electrons. The van der Waals surface area contributed by atoms with E-state index in [4.69, 9.17) is 4.74 Å². The molecule has 0 aromatic carbocycles. The molecule has 3 heteroatoms. The van der Waals surface area contributed by atoms with Crippen LogP contribution in [0.25, 0.3) is 0 Å². The zero-order valence-corrected chi connectivity index (χ0v) is 12.5. The van der Waals surface area contributed by atoms with Gasteiger partial charge in [-0.05, 0) is 58.7 Å². The molecule has 1 atom stereocenters. The van der Waals surface area contributed by atoms with E-state index in [-0.39, 0.29) is 5.60 Å². The summed E-state index contributed by atoms with van der Waals surface area (Å²) < 4.78 is 6.24. The summed E-state index contributed by atoms with van der Waals surface area (Å²) in [6.45, 7) is 3.38. The second-order valence-electron chi connectivity index (χ2n) is 6.89. The Morgan fingerprint density at radius 3 is 2.47 bits per heavy atom. The van der Waals surface area contributed by atoms with Crippen LogP contribution in [0.4, 0.5) is 0 Å². The minimum atomic E-state index is 0.252. The highest BCUT2D eigenvalue weighted by molar-refractivity contribution is 4.94. The van der Waals surface area contributed by atoms with Crippen molar-refractivity contribution in [1.29, 1.82) is 0 Å². The summed E-state index contributed by atoms with van der Waals surface area (Å²) in [6, 6.07) is 1.56. The van der Waals surface area contributed by atoms with Gasteiger partial charge in [0.25, 0.3) is 0 Å². The Morgan fingerprint density at radius 1 is 1.00 bits per heavy atom. The molecule has 1 unspecified atom stereocenters. The van der Waals surface area contributed by atoms with Gasteiger partial charge in [-0.25, -0.2) is 0 Å². The summed E-state index contributed by atoms with van der Waals surface area (Å²) in [5, 5.41) is 3.48. The third kappa shape index (κ3) is 3.14. The van der Waals surface area contributed by atoms with Crippen LogP contribution in [-0.2, 0) is 4.74 Å². The van der Waals surface area contributed by atoms with Gasteiger partial charge >= 0.3 is 0 Å². The van der Waals surface area contributed by atoms with Crippen LogP contribution >= 0.6 is 0 Å². The fourth-order valence-corrected chi connectivity index (χ4v) is 4.41. The molecular formula is C16H30N2O. The molecule has 3 aliphatic rings. The Kier molecular flexibility index (Phi) is 4.45. The van der Waals surface area contributed by atoms with Crippen LogP contribution in [0.15, 0.2) is 0 Å². The van der Waals surface area contributed by atoms with Gasteiger partial charge in [-0.15, -0.1) is 0 Å². The molecule has 0 bridgehead atoms. The topological polar surface area (TPSA) is 24.5 Å². The summed E-state index contributed by atoms with van der Waals surface area (Å²) in [5.41, 5.74) is 0.252. The largest absolute Gasteiger partial charge is 0.375 e. The number of hydrogen-bond donors (Lipinski definition) is 1. The number of piperidine rings is 1. The van der Waals surface area contributed by atoms with Crippen molar-refractivity contribution < 1.29 is 4.74 Å². The van der Waals surface area contributed by atoms with E-state index in [1.807, 2.05) is 0 Å². The molecule has 1 saturated carbocycles. The predicted octanol–water partition coefficient (Wildman–Crippen LogP) is 2.55. The average Bonchev–Trinajstić information content (AvgIpc) is 2.48. The summed E-state index contributed by atoms with van der Waals surface area (Å²) in [6.07, 6.45) is 12.0. The van der Waals surface area contributed by atoms with Gasteiger partial charge in [0.1, 0.15) is 0 Å². The quantitative estimate of drug-likeness (QED) is 0.831. The smallest absolute Gasteiger partial charge is 0.0697 e. The van der Waals surface area contributed by atoms with Gasteiger partial charge in [0.15, 0.2) is 0 Å². The lowest BCUT2D eigenvalue weighted by Crippen LogP contribution is -2.52. The van der Waals surface area contributed by atoms with E-state index >= 15 is 0 Å². The fourth-order valence-electron chi connectivity index (χ4n) is 4.41. The standard InChI is InChI=1S/C16H30N2O/c1-18(14-5-10-17-11-6-14)15-7-12-19-16(13-15)8-3-2-4-9-16/h14-15,17H,2-13H2,1H3. The van der Waals surface area contributed by atoms with E-state index < -0.39 is 0 Å². The zero-order valence-electron chi connectivity index (χ0n) is 12.5. The number of nitrogens with zero attached hydrogens (tertiary/aromatic N) is 1. The molecule has 1 aliphatic carbocycles. The maximum Gasteiger partial charge on any atom is 0.0697 e. The van der Waals surface area contributed by atoms with Crippen LogP contribution in [-0.4, -0.2) is 49.3 Å². The van der Waals surface area contributed by atoms with Gasteiger partial charge in [-0.2, -0.15) is 0 Å². The van der Waals surface area contributed by atoms with Gasteiger partial charge in [0.05, 0.1) is 5.60 Å². The van der Waals surface area contributed by atoms with Gasteiger partial charge < -0.3 is 15.0 Å². The van der Waals surface area contributed by atoms with Gasteiger partial charge in [0.2, 0.25) is 0 Å². The Labute approximate surface area is 118 Å². The van der Waals surface area contributed by atoms with Crippen LogP contribution < -0.4 is 5.32 Å². The maximum atomic E-state index is 6.24.